The van der Waals surface area contributed by atoms with Gasteiger partial charge in [0.05, 0.1) is 20.5 Å². The first-order chi connectivity index (χ1) is 16.3. The Balaban J connectivity index is 2.22. The summed E-state index contributed by atoms with van der Waals surface area (Å²) in [5.74, 6) is 0. The molecule has 3 unspecified atom stereocenters. The van der Waals surface area contributed by atoms with Gasteiger partial charge in [-0.15, -0.1) is 0 Å². The lowest BCUT2D eigenvalue weighted by Crippen LogP contribution is -2.10. The highest BCUT2D eigenvalue weighted by Crippen LogP contribution is 2.88. The van der Waals surface area contributed by atoms with E-state index in [4.69, 9.17) is 12.6 Å². The van der Waals surface area contributed by atoms with E-state index in [-0.39, 0.29) is 14.8 Å². The first kappa shape index (κ1) is 25.0. The molecule has 0 saturated heterocycles. The average molecular weight is 555 g/mol. The highest BCUT2D eigenvalue weighted by Gasteiger charge is 2.40. The summed E-state index contributed by atoms with van der Waals surface area (Å²) < 4.78 is 0. The minimum atomic E-state index is -1.67. The fourth-order valence-electron chi connectivity index (χ4n) is 5.46. The fourth-order valence-corrected chi connectivity index (χ4v) is 47.2. The van der Waals surface area contributed by atoms with Crippen LogP contribution in [0.5, 0.6) is 0 Å². The van der Waals surface area contributed by atoms with Crippen molar-refractivity contribution in [3.63, 3.8) is 0 Å². The average Bonchev–Trinajstić information content (AvgIpc) is 2.96. The van der Waals surface area contributed by atoms with Gasteiger partial charge in [0.25, 0.3) is 0 Å². The van der Waals surface area contributed by atoms with E-state index >= 15 is 0 Å². The molecule has 0 bridgehead atoms. The van der Waals surface area contributed by atoms with Crippen molar-refractivity contribution in [2.45, 2.75) is 0 Å². The molecule has 1 heterocycles. The minimum Gasteiger partial charge on any atom is -0.0909 e. The molecule has 3 atom stereocenters. The lowest BCUT2D eigenvalue weighted by molar-refractivity contribution is 1.74. The summed E-state index contributed by atoms with van der Waals surface area (Å²) in [6, 6.07) is 27.9. The van der Waals surface area contributed by atoms with Crippen LogP contribution in [-0.2, 0) is 0 Å². The van der Waals surface area contributed by atoms with Gasteiger partial charge in [-0.05, 0) is 70.3 Å². The van der Waals surface area contributed by atoms with E-state index in [0.29, 0.717) is 0 Å². The zero-order valence-corrected chi connectivity index (χ0v) is 26.1. The lowest BCUT2D eigenvalue weighted by Gasteiger charge is -2.32. The van der Waals surface area contributed by atoms with Crippen LogP contribution in [0.3, 0.4) is 0 Å². The van der Waals surface area contributed by atoms with Crippen LogP contribution in [0.4, 0.5) is 0 Å². The van der Waals surface area contributed by atoms with Crippen molar-refractivity contribution in [2.24, 2.45) is 0 Å². The summed E-state index contributed by atoms with van der Waals surface area (Å²) in [4.78, 5) is 0. The van der Waals surface area contributed by atoms with E-state index < -0.39 is 19.4 Å². The van der Waals surface area contributed by atoms with Gasteiger partial charge in [-0.2, -0.15) is 0 Å². The van der Waals surface area contributed by atoms with E-state index in [2.05, 4.69) is 112 Å². The first-order valence-corrected chi connectivity index (χ1v) is 25.8. The van der Waals surface area contributed by atoms with Crippen molar-refractivity contribution in [1.29, 1.82) is 0 Å². The first-order valence-electron chi connectivity index (χ1n) is 11.4. The second-order valence-corrected chi connectivity index (χ2v) is 36.4. The summed E-state index contributed by atoms with van der Waals surface area (Å²) in [5.41, 5.74) is 6.04. The van der Waals surface area contributed by atoms with Gasteiger partial charge in [0.2, 0.25) is 0 Å². The third-order valence-corrected chi connectivity index (χ3v) is 45.4. The van der Waals surface area contributed by atoms with Gasteiger partial charge in [0.1, 0.15) is 6.24 Å². The molecular weight excluding hydrogens is 522 g/mol. The molecule has 4 aromatic rings. The number of hydrogen-bond acceptors (Lipinski definition) is 0. The predicted molar refractivity (Wildman–Crippen MR) is 179 cm³/mol. The third kappa shape index (κ3) is 3.53. The maximum absolute atomic E-state index is 4.78. The Hall–Kier alpha value is -0.670. The van der Waals surface area contributed by atoms with Crippen molar-refractivity contribution in [3.05, 3.63) is 72.8 Å². The van der Waals surface area contributed by atoms with Gasteiger partial charge >= 0.3 is 0 Å². The molecule has 0 radical (unpaired) electrons. The minimum absolute atomic E-state index is 0.155. The van der Waals surface area contributed by atoms with Gasteiger partial charge in [-0.1, -0.05) is 102 Å². The molecule has 6 heteroatoms. The standard InChI is InChI=1S/C28H33P6/c1-29-33(30(2)3)20-34(31(4)5,32(6)7)26-19-17-22-13-9-11-15-24(22)28(26)27-23-14-10-8-12-21(23)16-18-25(27)33/h8-20,29H,4-5H2,1-3,6-7H3/q+1. The number of rotatable bonds is 3. The molecule has 4 aromatic carbocycles. The molecule has 0 fully saturated rings. The quantitative estimate of drug-likeness (QED) is 0.221. The van der Waals surface area contributed by atoms with Gasteiger partial charge in [0, 0.05) is 10.9 Å². The maximum Gasteiger partial charge on any atom is 0.140 e. The molecule has 0 nitrogen and oxygen atoms in total. The molecule has 0 aliphatic carbocycles. The van der Waals surface area contributed by atoms with E-state index in [0.717, 1.165) is 8.27 Å². The Morgan fingerprint density at radius 2 is 1.24 bits per heavy atom. The second-order valence-electron chi connectivity index (χ2n) is 9.24. The van der Waals surface area contributed by atoms with Gasteiger partial charge < -0.3 is 0 Å². The summed E-state index contributed by atoms with van der Waals surface area (Å²) in [6.07, 6.45) is 6.38. The van der Waals surface area contributed by atoms with Crippen LogP contribution >= 0.6 is 42.4 Å². The van der Waals surface area contributed by atoms with Crippen LogP contribution in [0.25, 0.3) is 32.7 Å². The SMILES string of the molecule is C=P(=C)P1(=[P+](C)C)C=P(PC)(P(C)C)c2ccc3ccccc3c2-c2c1ccc1ccccc21. The summed E-state index contributed by atoms with van der Waals surface area (Å²) in [6.45, 7) is 12.0. The summed E-state index contributed by atoms with van der Waals surface area (Å²) in [5, 5.41) is 8.75. The van der Waals surface area contributed by atoms with Crippen LogP contribution in [-0.4, -0.2) is 51.5 Å². The van der Waals surface area contributed by atoms with Gasteiger partial charge in [-0.3, -0.25) is 0 Å². The predicted octanol–water partition coefficient (Wildman–Crippen LogP) is 9.52. The summed E-state index contributed by atoms with van der Waals surface area (Å²) >= 11 is 0. The van der Waals surface area contributed by atoms with Gasteiger partial charge in [0.15, 0.2) is 0 Å². The molecule has 1 aliphatic heterocycles. The van der Waals surface area contributed by atoms with Crippen molar-refractivity contribution in [1.82, 2.24) is 0 Å². The van der Waals surface area contributed by atoms with Crippen molar-refractivity contribution >= 4 is 92.7 Å². The van der Waals surface area contributed by atoms with E-state index in [1.54, 1.807) is 10.6 Å². The Labute approximate surface area is 209 Å². The van der Waals surface area contributed by atoms with Crippen molar-refractivity contribution in [2.75, 3.05) is 33.3 Å². The van der Waals surface area contributed by atoms with Gasteiger partial charge in [-0.25, -0.2) is 0 Å². The molecular formula is C28H33P6+. The fraction of sp³-hybridized carbons (Fsp3) is 0.179. The smallest absolute Gasteiger partial charge is 0.0909 e. The van der Waals surface area contributed by atoms with E-state index in [1.807, 2.05) is 0 Å². The third-order valence-electron chi connectivity index (χ3n) is 7.13. The van der Waals surface area contributed by atoms with E-state index in [1.165, 1.54) is 32.7 Å². The normalized spacial score (nSPS) is 21.9. The zero-order chi connectivity index (χ0) is 24.3. The molecule has 1 aliphatic rings. The van der Waals surface area contributed by atoms with Crippen LogP contribution in [0.2, 0.25) is 0 Å². The molecule has 0 saturated carbocycles. The number of hydrogen-bond donors (Lipinski definition) is 0. The zero-order valence-electron chi connectivity index (χ0n) is 20.7. The number of fused-ring (bicyclic) bond motifs is 7. The molecule has 5 rings (SSSR count). The van der Waals surface area contributed by atoms with Crippen LogP contribution in [0.15, 0.2) is 72.8 Å². The largest absolute Gasteiger partial charge is 0.140 e. The Morgan fingerprint density at radius 3 is 1.71 bits per heavy atom. The molecule has 174 valence electrons. The van der Waals surface area contributed by atoms with Crippen LogP contribution in [0.1, 0.15) is 0 Å². The molecule has 0 N–H and O–H groups in total. The van der Waals surface area contributed by atoms with Crippen LogP contribution < -0.4 is 10.6 Å². The highest BCUT2D eigenvalue weighted by atomic mass is 32.5. The molecule has 0 spiro atoms. The molecule has 0 aromatic heterocycles. The topological polar surface area (TPSA) is 0 Å². The molecule has 0 amide bonds. The summed E-state index contributed by atoms with van der Waals surface area (Å²) in [7, 11) is 0.536. The Morgan fingerprint density at radius 1 is 0.735 bits per heavy atom. The monoisotopic (exact) mass is 555 g/mol. The van der Waals surface area contributed by atoms with Crippen LogP contribution in [0, 0.1) is 0 Å². The Bertz CT molecular complexity index is 1640. The van der Waals surface area contributed by atoms with Crippen molar-refractivity contribution in [3.8, 4) is 11.1 Å². The van der Waals surface area contributed by atoms with Crippen molar-refractivity contribution < 1.29 is 0 Å². The lowest BCUT2D eigenvalue weighted by atomic mass is 9.94. The highest BCUT2D eigenvalue weighted by molar-refractivity contribution is 8.72. The maximum atomic E-state index is 4.78. The van der Waals surface area contributed by atoms with E-state index in [9.17, 15) is 0 Å². The Kier molecular flexibility index (Phi) is 6.86. The second kappa shape index (κ2) is 9.33. The number of benzene rings is 4. The molecule has 34 heavy (non-hydrogen) atoms.